The topological polar surface area (TPSA) is 46.2 Å². The van der Waals surface area contributed by atoms with Crippen molar-refractivity contribution >= 4 is 8.32 Å². The Balaban J connectivity index is 0.000000407. The molecule has 1 aliphatic heterocycles. The van der Waals surface area contributed by atoms with Crippen LogP contribution in [0.3, 0.4) is 0 Å². The van der Waals surface area contributed by atoms with Crippen molar-refractivity contribution in [3.63, 3.8) is 0 Å². The van der Waals surface area contributed by atoms with Crippen LogP contribution in [0.1, 0.15) is 185 Å². The molecule has 5 rings (SSSR count). The first-order valence-corrected chi connectivity index (χ1v) is 28.3. The van der Waals surface area contributed by atoms with Gasteiger partial charge in [-0.05, 0) is 170 Å². The summed E-state index contributed by atoms with van der Waals surface area (Å²) in [6.45, 7) is 39.1. The summed E-state index contributed by atoms with van der Waals surface area (Å²) >= 11 is 0. The molecule has 360 valence electrons. The lowest BCUT2D eigenvalue weighted by atomic mass is 9.98. The monoisotopic (exact) mass is 899 g/mol. The molecule has 1 fully saturated rings. The Morgan fingerprint density at radius 1 is 0.484 bits per heavy atom. The van der Waals surface area contributed by atoms with Crippen molar-refractivity contribution in [2.24, 2.45) is 0 Å². The fraction of sp³-hybridized carbons (Fsp3) is 0.586. The third-order valence-corrected chi connectivity index (χ3v) is 12.3. The maximum Gasteiger partial charge on any atom is 0.242 e. The average Bonchev–Trinajstić information content (AvgIpc) is 3.28. The number of benzene rings is 4. The number of rotatable bonds is 17. The summed E-state index contributed by atoms with van der Waals surface area (Å²) in [7, 11) is -1.45. The molecule has 1 aliphatic rings. The second-order valence-corrected chi connectivity index (χ2v) is 23.6. The van der Waals surface area contributed by atoms with Gasteiger partial charge in [0.2, 0.25) is 8.32 Å². The first-order chi connectivity index (χ1) is 30.3. The van der Waals surface area contributed by atoms with E-state index in [1.807, 2.05) is 27.7 Å². The lowest BCUT2D eigenvalue weighted by Crippen LogP contribution is -2.29. The fourth-order valence-corrected chi connectivity index (χ4v) is 7.19. The van der Waals surface area contributed by atoms with Crippen molar-refractivity contribution in [1.82, 2.24) is 0 Å². The molecule has 6 heteroatoms. The van der Waals surface area contributed by atoms with Crippen LogP contribution >= 0.6 is 0 Å². The average molecular weight is 899 g/mol. The third-order valence-electron chi connectivity index (χ3n) is 11.5. The van der Waals surface area contributed by atoms with Crippen LogP contribution in [-0.2, 0) is 14.2 Å². The van der Waals surface area contributed by atoms with Gasteiger partial charge in [-0.1, -0.05) is 139 Å². The Kier molecular flexibility index (Phi) is 30.3. The van der Waals surface area contributed by atoms with Gasteiger partial charge in [0.15, 0.2) is 6.29 Å². The number of hydrogen-bond donors (Lipinski definition) is 0. The smallest absolute Gasteiger partial charge is 0.242 e. The maximum atomic E-state index is 5.91. The van der Waals surface area contributed by atoms with E-state index >= 15 is 0 Å². The summed E-state index contributed by atoms with van der Waals surface area (Å²) in [6.07, 6.45) is 8.77. The Morgan fingerprint density at radius 2 is 0.812 bits per heavy atom. The zero-order valence-electron chi connectivity index (χ0n) is 43.9. The SMILES string of the molecule is CC(C)OCCOC(C)C.CCC(C)c1ccc(C)cc1.CCC(C)c1ccc(C)cc1.CCC(C)c1ccc(OC2CCCCO2)cc1.CCC(C)c1ccc(O[Si](C)(C)C)cc1. The lowest BCUT2D eigenvalue weighted by molar-refractivity contribution is -0.105. The Labute approximate surface area is 395 Å². The molecular weight excluding hydrogens is 805 g/mol. The normalized spacial score (nSPS) is 15.3. The summed E-state index contributed by atoms with van der Waals surface area (Å²) in [5.74, 6) is 4.61. The molecule has 0 aliphatic carbocycles. The highest BCUT2D eigenvalue weighted by atomic mass is 28.4. The van der Waals surface area contributed by atoms with E-state index in [2.05, 4.69) is 186 Å². The van der Waals surface area contributed by atoms with Crippen LogP contribution < -0.4 is 9.16 Å². The third kappa shape index (κ3) is 27.1. The van der Waals surface area contributed by atoms with Gasteiger partial charge in [0.25, 0.3) is 0 Å². The van der Waals surface area contributed by atoms with Gasteiger partial charge in [-0.15, -0.1) is 0 Å². The van der Waals surface area contributed by atoms with Crippen molar-refractivity contribution in [2.45, 2.75) is 204 Å². The van der Waals surface area contributed by atoms with Gasteiger partial charge in [0, 0.05) is 6.42 Å². The highest BCUT2D eigenvalue weighted by Gasteiger charge is 2.17. The maximum absolute atomic E-state index is 5.91. The van der Waals surface area contributed by atoms with Crippen molar-refractivity contribution < 1.29 is 23.4 Å². The molecule has 0 spiro atoms. The van der Waals surface area contributed by atoms with Crippen molar-refractivity contribution in [2.75, 3.05) is 19.8 Å². The molecule has 0 bridgehead atoms. The second-order valence-electron chi connectivity index (χ2n) is 19.2. The standard InChI is InChI=1S/C15H22O2.C13H22OSi.2C11H16.C8H18O2/c1-3-12(2)13-7-9-14(10-8-13)17-15-6-4-5-11-16-15;1-6-11(2)12-7-9-13(10-8-12)14-15(3,4)5;2*1-4-10(3)11-7-5-9(2)6-8-11;1-7(2)9-5-6-10-8(3)4/h7-10,12,15H,3-6,11H2,1-2H3;7-11H,6H2,1-5H3;2*5-8,10H,4H2,1-3H3;7-8H,5-6H2,1-4H3. The molecule has 0 radical (unpaired) electrons. The Hall–Kier alpha value is -3.42. The number of hydrogen-bond acceptors (Lipinski definition) is 5. The zero-order valence-corrected chi connectivity index (χ0v) is 44.9. The minimum absolute atomic E-state index is 0.0433. The first kappa shape index (κ1) is 58.6. The summed E-state index contributed by atoms with van der Waals surface area (Å²) in [4.78, 5) is 0. The van der Waals surface area contributed by atoms with Crippen LogP contribution in [0.15, 0.2) is 97.1 Å². The van der Waals surface area contributed by atoms with Gasteiger partial charge in [-0.25, -0.2) is 0 Å². The van der Waals surface area contributed by atoms with Gasteiger partial charge >= 0.3 is 0 Å². The molecule has 0 N–H and O–H groups in total. The molecule has 5 atom stereocenters. The Morgan fingerprint density at radius 3 is 1.09 bits per heavy atom. The van der Waals surface area contributed by atoms with E-state index in [1.54, 1.807) is 0 Å². The van der Waals surface area contributed by atoms with Crippen molar-refractivity contribution in [3.05, 3.63) is 130 Å². The number of ether oxygens (including phenoxy) is 4. The van der Waals surface area contributed by atoms with E-state index in [9.17, 15) is 0 Å². The van der Waals surface area contributed by atoms with E-state index in [0.29, 0.717) is 49.1 Å². The molecule has 0 amide bonds. The van der Waals surface area contributed by atoms with Gasteiger partial charge < -0.3 is 23.4 Å². The molecule has 5 unspecified atom stereocenters. The van der Waals surface area contributed by atoms with Crippen LogP contribution in [0.25, 0.3) is 0 Å². The zero-order chi connectivity index (χ0) is 48.1. The lowest BCUT2D eigenvalue weighted by Gasteiger charge is -2.23. The second kappa shape index (κ2) is 33.1. The first-order valence-electron chi connectivity index (χ1n) is 24.8. The molecule has 5 nitrogen and oxygen atoms in total. The van der Waals surface area contributed by atoms with Crippen LogP contribution in [-0.4, -0.2) is 46.6 Å². The summed E-state index contributed by atoms with van der Waals surface area (Å²) in [5.41, 5.74) is 8.38. The number of aryl methyl sites for hydroxylation is 2. The Bertz CT molecular complexity index is 1630. The molecule has 4 aromatic rings. The van der Waals surface area contributed by atoms with E-state index in [1.165, 1.54) is 65.5 Å². The molecule has 4 aromatic carbocycles. The van der Waals surface area contributed by atoms with Crippen LogP contribution in [0.5, 0.6) is 11.5 Å². The molecular formula is C58H94O5Si. The largest absolute Gasteiger partial charge is 0.544 e. The van der Waals surface area contributed by atoms with E-state index in [4.69, 9.17) is 23.4 Å². The van der Waals surface area contributed by atoms with Gasteiger partial charge in [0.1, 0.15) is 11.5 Å². The highest BCUT2D eigenvalue weighted by Crippen LogP contribution is 2.25. The molecule has 0 aromatic heterocycles. The molecule has 64 heavy (non-hydrogen) atoms. The minimum atomic E-state index is -1.45. The summed E-state index contributed by atoms with van der Waals surface area (Å²) in [6, 6.07) is 34.6. The van der Waals surface area contributed by atoms with Crippen molar-refractivity contribution in [1.29, 1.82) is 0 Å². The molecule has 0 saturated carbocycles. The predicted molar refractivity (Wildman–Crippen MR) is 280 cm³/mol. The summed E-state index contributed by atoms with van der Waals surface area (Å²) in [5, 5.41) is 0. The minimum Gasteiger partial charge on any atom is -0.544 e. The van der Waals surface area contributed by atoms with E-state index in [0.717, 1.165) is 30.9 Å². The van der Waals surface area contributed by atoms with E-state index < -0.39 is 8.32 Å². The predicted octanol–water partition coefficient (Wildman–Crippen LogP) is 17.4. The molecule has 1 heterocycles. The van der Waals surface area contributed by atoms with Gasteiger partial charge in [-0.3, -0.25) is 0 Å². The fourth-order valence-electron chi connectivity index (χ4n) is 6.35. The van der Waals surface area contributed by atoms with Gasteiger partial charge in [0.05, 0.1) is 32.0 Å². The van der Waals surface area contributed by atoms with Crippen LogP contribution in [0.4, 0.5) is 0 Å². The van der Waals surface area contributed by atoms with Crippen molar-refractivity contribution in [3.8, 4) is 11.5 Å². The summed E-state index contributed by atoms with van der Waals surface area (Å²) < 4.78 is 27.8. The quantitative estimate of drug-likeness (QED) is 0.0780. The highest BCUT2D eigenvalue weighted by molar-refractivity contribution is 6.70. The molecule has 1 saturated heterocycles. The van der Waals surface area contributed by atoms with Crippen LogP contribution in [0, 0.1) is 13.8 Å². The van der Waals surface area contributed by atoms with Crippen LogP contribution in [0.2, 0.25) is 19.6 Å². The van der Waals surface area contributed by atoms with Gasteiger partial charge in [-0.2, -0.15) is 0 Å². The van der Waals surface area contributed by atoms with E-state index in [-0.39, 0.29) is 6.29 Å².